The minimum absolute atomic E-state index is 0.0268. The molecule has 0 bridgehead atoms. The molecule has 0 saturated carbocycles. The molecule has 6 heteroatoms. The van der Waals surface area contributed by atoms with E-state index in [-0.39, 0.29) is 11.8 Å². The molecule has 24 heavy (non-hydrogen) atoms. The van der Waals surface area contributed by atoms with Crippen LogP contribution in [0.5, 0.6) is 0 Å². The van der Waals surface area contributed by atoms with Crippen LogP contribution in [-0.4, -0.2) is 52.8 Å². The van der Waals surface area contributed by atoms with Gasteiger partial charge in [-0.2, -0.15) is 0 Å². The van der Waals surface area contributed by atoms with Crippen molar-refractivity contribution in [2.45, 2.75) is 6.42 Å². The summed E-state index contributed by atoms with van der Waals surface area (Å²) < 4.78 is 0.948. The van der Waals surface area contributed by atoms with Gasteiger partial charge in [0.2, 0.25) is 5.91 Å². The van der Waals surface area contributed by atoms with Crippen molar-refractivity contribution in [1.29, 1.82) is 0 Å². The van der Waals surface area contributed by atoms with Gasteiger partial charge in [0.25, 0.3) is 5.91 Å². The molecule has 0 radical (unpaired) electrons. The van der Waals surface area contributed by atoms with Gasteiger partial charge in [-0.1, -0.05) is 34.1 Å². The second-order valence-corrected chi connectivity index (χ2v) is 6.54. The quantitative estimate of drug-likeness (QED) is 0.812. The summed E-state index contributed by atoms with van der Waals surface area (Å²) in [7, 11) is 0. The Bertz CT molecular complexity index is 728. The van der Waals surface area contributed by atoms with Crippen molar-refractivity contribution >= 4 is 27.7 Å². The first-order chi connectivity index (χ1) is 11.6. The van der Waals surface area contributed by atoms with E-state index in [1.54, 1.807) is 29.4 Å². The smallest absolute Gasteiger partial charge is 0.255 e. The molecule has 0 aliphatic carbocycles. The highest BCUT2D eigenvalue weighted by molar-refractivity contribution is 9.10. The number of halogens is 1. The van der Waals surface area contributed by atoms with Crippen LogP contribution in [0.4, 0.5) is 0 Å². The molecule has 2 heterocycles. The molecule has 3 rings (SSSR count). The van der Waals surface area contributed by atoms with Gasteiger partial charge in [0.1, 0.15) is 0 Å². The largest absolute Gasteiger partial charge is 0.339 e. The minimum atomic E-state index is -0.0268. The lowest BCUT2D eigenvalue weighted by Crippen LogP contribution is -2.51. The van der Waals surface area contributed by atoms with E-state index < -0.39 is 0 Å². The molecule has 0 atom stereocenters. The number of carbonyl (C=O) groups excluding carboxylic acids is 2. The Morgan fingerprint density at radius 2 is 1.71 bits per heavy atom. The molecule has 1 aromatic carbocycles. The maximum Gasteiger partial charge on any atom is 0.255 e. The van der Waals surface area contributed by atoms with Gasteiger partial charge in [-0.15, -0.1) is 0 Å². The summed E-state index contributed by atoms with van der Waals surface area (Å²) in [6, 6.07) is 11.3. The predicted molar refractivity (Wildman–Crippen MR) is 94.6 cm³/mol. The Morgan fingerprint density at radius 1 is 1.00 bits per heavy atom. The molecular formula is C18H18BrN3O2. The molecule has 1 aromatic heterocycles. The van der Waals surface area contributed by atoms with Gasteiger partial charge in [-0.25, -0.2) is 0 Å². The monoisotopic (exact) mass is 387 g/mol. The van der Waals surface area contributed by atoms with E-state index in [4.69, 9.17) is 0 Å². The van der Waals surface area contributed by atoms with Crippen LogP contribution < -0.4 is 0 Å². The Labute approximate surface area is 149 Å². The summed E-state index contributed by atoms with van der Waals surface area (Å²) in [6.07, 6.45) is 3.60. The molecule has 124 valence electrons. The zero-order chi connectivity index (χ0) is 16.9. The lowest BCUT2D eigenvalue weighted by molar-refractivity contribution is -0.131. The molecule has 0 N–H and O–H groups in total. The maximum absolute atomic E-state index is 12.5. The summed E-state index contributed by atoms with van der Waals surface area (Å²) in [6.45, 7) is 2.23. The summed E-state index contributed by atoms with van der Waals surface area (Å²) >= 11 is 3.47. The average molecular weight is 388 g/mol. The van der Waals surface area contributed by atoms with Gasteiger partial charge in [0, 0.05) is 43.0 Å². The van der Waals surface area contributed by atoms with Crippen LogP contribution in [0.2, 0.25) is 0 Å². The van der Waals surface area contributed by atoms with E-state index in [1.807, 2.05) is 29.2 Å². The summed E-state index contributed by atoms with van der Waals surface area (Å²) in [5, 5.41) is 0. The van der Waals surface area contributed by atoms with Gasteiger partial charge in [-0.3, -0.25) is 14.6 Å². The van der Waals surface area contributed by atoms with Gasteiger partial charge in [0.15, 0.2) is 0 Å². The first kappa shape index (κ1) is 16.6. The van der Waals surface area contributed by atoms with Crippen LogP contribution in [0.3, 0.4) is 0 Å². The number of rotatable bonds is 3. The topological polar surface area (TPSA) is 53.5 Å². The number of hydrogen-bond donors (Lipinski definition) is 0. The lowest BCUT2D eigenvalue weighted by atomic mass is 10.1. The first-order valence-electron chi connectivity index (χ1n) is 7.85. The minimum Gasteiger partial charge on any atom is -0.339 e. The van der Waals surface area contributed by atoms with Crippen LogP contribution >= 0.6 is 15.9 Å². The zero-order valence-corrected chi connectivity index (χ0v) is 14.8. The van der Waals surface area contributed by atoms with Crippen molar-refractivity contribution in [3.8, 4) is 0 Å². The molecule has 2 aromatic rings. The molecule has 5 nitrogen and oxygen atoms in total. The number of benzene rings is 1. The van der Waals surface area contributed by atoms with Crippen molar-refractivity contribution in [2.24, 2.45) is 0 Å². The first-order valence-corrected chi connectivity index (χ1v) is 8.65. The van der Waals surface area contributed by atoms with Crippen LogP contribution in [0, 0.1) is 0 Å². The van der Waals surface area contributed by atoms with Crippen molar-refractivity contribution in [3.63, 3.8) is 0 Å². The van der Waals surface area contributed by atoms with Gasteiger partial charge in [-0.05, 0) is 23.8 Å². The Morgan fingerprint density at radius 3 is 2.38 bits per heavy atom. The fraction of sp³-hybridized carbons (Fsp3) is 0.278. The van der Waals surface area contributed by atoms with Crippen LogP contribution in [-0.2, 0) is 11.2 Å². The Kier molecular flexibility index (Phi) is 5.25. The van der Waals surface area contributed by atoms with Crippen molar-refractivity contribution in [3.05, 3.63) is 64.4 Å². The van der Waals surface area contributed by atoms with Crippen molar-refractivity contribution < 1.29 is 9.59 Å². The van der Waals surface area contributed by atoms with E-state index in [9.17, 15) is 9.59 Å². The molecule has 1 aliphatic heterocycles. The zero-order valence-electron chi connectivity index (χ0n) is 13.2. The third-order valence-corrected chi connectivity index (χ3v) is 4.90. The number of piperazine rings is 1. The van der Waals surface area contributed by atoms with E-state index in [2.05, 4.69) is 20.9 Å². The van der Waals surface area contributed by atoms with E-state index in [0.29, 0.717) is 38.2 Å². The molecular weight excluding hydrogens is 370 g/mol. The third kappa shape index (κ3) is 3.82. The second-order valence-electron chi connectivity index (χ2n) is 5.68. The van der Waals surface area contributed by atoms with E-state index >= 15 is 0 Å². The molecule has 1 fully saturated rings. The summed E-state index contributed by atoms with van der Waals surface area (Å²) in [5.41, 5.74) is 1.57. The highest BCUT2D eigenvalue weighted by atomic mass is 79.9. The van der Waals surface area contributed by atoms with Gasteiger partial charge >= 0.3 is 0 Å². The Balaban J connectivity index is 1.56. The lowest BCUT2D eigenvalue weighted by Gasteiger charge is -2.35. The summed E-state index contributed by atoms with van der Waals surface area (Å²) in [4.78, 5) is 32.4. The van der Waals surface area contributed by atoms with Gasteiger partial charge < -0.3 is 9.80 Å². The maximum atomic E-state index is 12.5. The Hall–Kier alpha value is -2.21. The molecule has 0 unspecified atom stereocenters. The molecule has 1 saturated heterocycles. The molecule has 2 amide bonds. The standard InChI is InChI=1S/C18H18BrN3O2/c19-16-6-2-1-4-14(16)12-17(23)21-8-10-22(11-9-21)18(24)15-5-3-7-20-13-15/h1-7,13H,8-12H2. The number of hydrogen-bond acceptors (Lipinski definition) is 3. The average Bonchev–Trinajstić information content (AvgIpc) is 2.64. The van der Waals surface area contributed by atoms with Gasteiger partial charge in [0.05, 0.1) is 12.0 Å². The normalized spacial score (nSPS) is 14.5. The van der Waals surface area contributed by atoms with Crippen molar-refractivity contribution in [2.75, 3.05) is 26.2 Å². The van der Waals surface area contributed by atoms with E-state index in [0.717, 1.165) is 10.0 Å². The molecule has 0 spiro atoms. The number of pyridine rings is 1. The highest BCUT2D eigenvalue weighted by Gasteiger charge is 2.25. The number of carbonyl (C=O) groups is 2. The number of aromatic nitrogens is 1. The fourth-order valence-electron chi connectivity index (χ4n) is 2.75. The highest BCUT2D eigenvalue weighted by Crippen LogP contribution is 2.17. The second kappa shape index (κ2) is 7.57. The molecule has 1 aliphatic rings. The third-order valence-electron chi connectivity index (χ3n) is 4.13. The predicted octanol–water partition coefficient (Wildman–Crippen LogP) is 2.37. The fourth-order valence-corrected chi connectivity index (χ4v) is 3.17. The number of nitrogens with zero attached hydrogens (tertiary/aromatic N) is 3. The summed E-state index contributed by atoms with van der Waals surface area (Å²) in [5.74, 6) is 0.0661. The van der Waals surface area contributed by atoms with Crippen LogP contribution in [0.15, 0.2) is 53.3 Å². The number of amides is 2. The van der Waals surface area contributed by atoms with Crippen molar-refractivity contribution in [1.82, 2.24) is 14.8 Å². The van der Waals surface area contributed by atoms with Crippen LogP contribution in [0.25, 0.3) is 0 Å². The van der Waals surface area contributed by atoms with Crippen LogP contribution in [0.1, 0.15) is 15.9 Å². The SMILES string of the molecule is O=C(Cc1ccccc1Br)N1CCN(C(=O)c2cccnc2)CC1. The van der Waals surface area contributed by atoms with E-state index in [1.165, 1.54) is 0 Å².